The van der Waals surface area contributed by atoms with Crippen LogP contribution in [0.15, 0.2) is 34.6 Å². The molecule has 3 fully saturated rings. The van der Waals surface area contributed by atoms with Crippen molar-refractivity contribution in [1.82, 2.24) is 28.6 Å². The Morgan fingerprint density at radius 2 is 1.87 bits per heavy atom. The van der Waals surface area contributed by atoms with E-state index in [-0.39, 0.29) is 17.6 Å². The molecule has 4 heterocycles. The molecule has 2 aromatic heterocycles. The highest BCUT2D eigenvalue weighted by Crippen LogP contribution is 2.39. The maximum Gasteiger partial charge on any atom is 0.252 e. The van der Waals surface area contributed by atoms with Crippen LogP contribution < -0.4 is 10.9 Å². The summed E-state index contributed by atoms with van der Waals surface area (Å²) < 4.78 is 28.9. The minimum Gasteiger partial charge on any atom is -0.388 e. The molecule has 1 saturated carbocycles. The summed E-state index contributed by atoms with van der Waals surface area (Å²) in [5, 5.41) is 16.3. The third-order valence-corrected chi connectivity index (χ3v) is 9.85. The van der Waals surface area contributed by atoms with E-state index in [2.05, 4.69) is 32.1 Å². The van der Waals surface area contributed by atoms with Gasteiger partial charge in [0.25, 0.3) is 5.56 Å². The summed E-state index contributed by atoms with van der Waals surface area (Å²) in [7, 11) is -1.36. The number of nitrogens with zero attached hydrogens (tertiary/aromatic N) is 6. The van der Waals surface area contributed by atoms with E-state index in [1.165, 1.54) is 15.8 Å². The van der Waals surface area contributed by atoms with Gasteiger partial charge in [0, 0.05) is 74.9 Å². The van der Waals surface area contributed by atoms with Gasteiger partial charge in [-0.2, -0.15) is 9.29 Å². The zero-order chi connectivity index (χ0) is 26.9. The van der Waals surface area contributed by atoms with Crippen LogP contribution in [0.1, 0.15) is 45.1 Å². The molecule has 0 amide bonds. The Hall–Kier alpha value is -2.38. The number of piperidine rings is 1. The van der Waals surface area contributed by atoms with Crippen LogP contribution in [-0.4, -0.2) is 107 Å². The van der Waals surface area contributed by atoms with Crippen molar-refractivity contribution in [2.75, 3.05) is 58.2 Å². The number of aliphatic hydroxyl groups is 1. The quantitative estimate of drug-likeness (QED) is 0.529. The topological polar surface area (TPSA) is 124 Å². The third-order valence-electron chi connectivity index (χ3n) is 8.23. The molecule has 0 unspecified atom stereocenters. The lowest BCUT2D eigenvalue weighted by atomic mass is 10.00. The average molecular weight is 546 g/mol. The molecule has 2 aliphatic heterocycles. The highest BCUT2D eigenvalue weighted by atomic mass is 32.2. The van der Waals surface area contributed by atoms with Gasteiger partial charge in [-0.25, -0.2) is 13.4 Å². The first kappa shape index (κ1) is 27.2. The standard InChI is InChI=1S/C26H39N7O4S/c1-26(35)10-3-5-22(26)33-23(34)7-6-20-19-27-25(29-24(20)33)28-21-8-12-32(13-9-21)38(36,37)18-4-11-31-16-14-30(2)15-17-31/h4,6-7,18-19,21-22,35H,3,5,8-17H2,1-2H3,(H,27,28,29)/b18-4+/t22-,26-/m1/s1. The fraction of sp³-hybridized carbons (Fsp3) is 0.654. The number of hydrogen-bond acceptors (Lipinski definition) is 9. The maximum atomic E-state index is 12.9. The molecule has 11 nitrogen and oxygen atoms in total. The largest absolute Gasteiger partial charge is 0.388 e. The van der Waals surface area contributed by atoms with Crippen molar-refractivity contribution in [2.45, 2.75) is 56.7 Å². The molecule has 208 valence electrons. The van der Waals surface area contributed by atoms with E-state index in [0.29, 0.717) is 50.5 Å². The number of sulfonamides is 1. The molecule has 2 saturated heterocycles. The molecule has 0 bridgehead atoms. The fourth-order valence-corrected chi connectivity index (χ4v) is 7.04. The monoisotopic (exact) mass is 545 g/mol. The molecule has 0 spiro atoms. The van der Waals surface area contributed by atoms with E-state index in [1.807, 2.05) is 0 Å². The molecule has 2 atom stereocenters. The van der Waals surface area contributed by atoms with E-state index >= 15 is 0 Å². The Morgan fingerprint density at radius 1 is 1.13 bits per heavy atom. The van der Waals surface area contributed by atoms with Gasteiger partial charge in [0.15, 0.2) is 0 Å². The van der Waals surface area contributed by atoms with Crippen molar-refractivity contribution in [3.63, 3.8) is 0 Å². The second-order valence-corrected chi connectivity index (χ2v) is 12.9. The Labute approximate surface area is 224 Å². The van der Waals surface area contributed by atoms with E-state index in [4.69, 9.17) is 0 Å². The Bertz CT molecular complexity index is 1330. The normalized spacial score (nSPS) is 27.0. The van der Waals surface area contributed by atoms with Crippen LogP contribution >= 0.6 is 0 Å². The molecule has 0 radical (unpaired) electrons. The van der Waals surface area contributed by atoms with E-state index in [0.717, 1.165) is 44.4 Å². The average Bonchev–Trinajstić information content (AvgIpc) is 3.23. The molecule has 5 rings (SSSR count). The fourth-order valence-electron chi connectivity index (χ4n) is 5.81. The summed E-state index contributed by atoms with van der Waals surface area (Å²) >= 11 is 0. The summed E-state index contributed by atoms with van der Waals surface area (Å²) in [6.45, 7) is 7.16. The Morgan fingerprint density at radius 3 is 2.55 bits per heavy atom. The number of pyridine rings is 1. The van der Waals surface area contributed by atoms with Gasteiger partial charge in [-0.3, -0.25) is 14.3 Å². The predicted octanol–water partition coefficient (Wildman–Crippen LogP) is 1.23. The highest BCUT2D eigenvalue weighted by molar-refractivity contribution is 7.92. The van der Waals surface area contributed by atoms with Crippen molar-refractivity contribution in [3.8, 4) is 0 Å². The third kappa shape index (κ3) is 5.94. The van der Waals surface area contributed by atoms with Crippen molar-refractivity contribution in [2.24, 2.45) is 0 Å². The van der Waals surface area contributed by atoms with E-state index < -0.39 is 15.6 Å². The summed E-state index contributed by atoms with van der Waals surface area (Å²) in [6, 6.07) is 2.90. The minimum atomic E-state index is -3.46. The number of rotatable bonds is 7. The van der Waals surface area contributed by atoms with E-state index in [1.54, 1.807) is 29.8 Å². The molecular formula is C26H39N7O4S. The molecule has 12 heteroatoms. The van der Waals surface area contributed by atoms with Crippen LogP contribution in [0.2, 0.25) is 0 Å². The molecule has 38 heavy (non-hydrogen) atoms. The molecule has 0 aromatic carbocycles. The summed E-state index contributed by atoms with van der Waals surface area (Å²) in [4.78, 5) is 26.5. The van der Waals surface area contributed by atoms with Crippen LogP contribution in [0.3, 0.4) is 0 Å². The Kier molecular flexibility index (Phi) is 7.88. The minimum absolute atomic E-state index is 0.0201. The van der Waals surface area contributed by atoms with Gasteiger partial charge in [-0.05, 0) is 52.1 Å². The first-order valence-electron chi connectivity index (χ1n) is 13.6. The number of piperazine rings is 1. The lowest BCUT2D eigenvalue weighted by Gasteiger charge is -2.32. The first-order chi connectivity index (χ1) is 18.1. The molecule has 1 aliphatic carbocycles. The van der Waals surface area contributed by atoms with Crippen LogP contribution in [0.5, 0.6) is 0 Å². The predicted molar refractivity (Wildman–Crippen MR) is 148 cm³/mol. The SMILES string of the molecule is CN1CCN(C/C=C/S(=O)(=O)N2CCC(Nc3ncc4ccc(=O)n([C@@H]5CCC[C@@]5(C)O)c4n3)CC2)CC1. The zero-order valence-electron chi connectivity index (χ0n) is 22.3. The number of anilines is 1. The van der Waals surface area contributed by atoms with Crippen LogP contribution in [0.25, 0.3) is 11.0 Å². The molecule has 2 aromatic rings. The lowest BCUT2D eigenvalue weighted by Crippen LogP contribution is -2.44. The van der Waals surface area contributed by atoms with Gasteiger partial charge >= 0.3 is 0 Å². The molecule has 3 aliphatic rings. The van der Waals surface area contributed by atoms with Crippen LogP contribution in [-0.2, 0) is 10.0 Å². The van der Waals surface area contributed by atoms with Crippen LogP contribution in [0.4, 0.5) is 5.95 Å². The van der Waals surface area contributed by atoms with Gasteiger partial charge in [0.2, 0.25) is 16.0 Å². The number of nitrogens with one attached hydrogen (secondary N) is 1. The van der Waals surface area contributed by atoms with Gasteiger partial charge in [-0.1, -0.05) is 6.08 Å². The van der Waals surface area contributed by atoms with Crippen LogP contribution in [0, 0.1) is 0 Å². The Balaban J connectivity index is 1.21. The number of aromatic nitrogens is 3. The summed E-state index contributed by atoms with van der Waals surface area (Å²) in [5.41, 5.74) is -0.644. The smallest absolute Gasteiger partial charge is 0.252 e. The summed E-state index contributed by atoms with van der Waals surface area (Å²) in [5.74, 6) is 0.405. The van der Waals surface area contributed by atoms with E-state index in [9.17, 15) is 18.3 Å². The second kappa shape index (κ2) is 11.0. The highest BCUT2D eigenvalue weighted by Gasteiger charge is 2.39. The van der Waals surface area contributed by atoms with Crippen molar-refractivity contribution in [1.29, 1.82) is 0 Å². The van der Waals surface area contributed by atoms with Gasteiger partial charge in [0.05, 0.1) is 11.6 Å². The molecular weight excluding hydrogens is 506 g/mol. The lowest BCUT2D eigenvalue weighted by molar-refractivity contribution is 0.0267. The summed E-state index contributed by atoms with van der Waals surface area (Å²) in [6.07, 6.45) is 6.92. The second-order valence-electron chi connectivity index (χ2n) is 11.1. The van der Waals surface area contributed by atoms with Gasteiger partial charge in [0.1, 0.15) is 5.65 Å². The zero-order valence-corrected chi connectivity index (χ0v) is 23.1. The first-order valence-corrected chi connectivity index (χ1v) is 15.1. The van der Waals surface area contributed by atoms with Gasteiger partial charge in [-0.15, -0.1) is 0 Å². The maximum absolute atomic E-state index is 12.9. The number of fused-ring (bicyclic) bond motifs is 1. The van der Waals surface area contributed by atoms with Crippen molar-refractivity contribution in [3.05, 3.63) is 40.2 Å². The molecule has 2 N–H and O–H groups in total. The van der Waals surface area contributed by atoms with Crippen molar-refractivity contribution >= 4 is 27.0 Å². The van der Waals surface area contributed by atoms with Crippen molar-refractivity contribution < 1.29 is 13.5 Å². The number of hydrogen-bond donors (Lipinski definition) is 2. The number of likely N-dealkylation sites (N-methyl/N-ethyl adjacent to an activating group) is 1. The van der Waals surface area contributed by atoms with Gasteiger partial charge < -0.3 is 15.3 Å².